The van der Waals surface area contributed by atoms with Crippen LogP contribution in [0.3, 0.4) is 0 Å². The monoisotopic (exact) mass is 890 g/mol. The molecule has 1 spiro atoms. The lowest BCUT2D eigenvalue weighted by Crippen LogP contribution is -2.25. The Bertz CT molecular complexity index is 4210. The smallest absolute Gasteiger partial charge is 0.145 e. The van der Waals surface area contributed by atoms with Crippen LogP contribution in [0.15, 0.2) is 259 Å². The van der Waals surface area contributed by atoms with Crippen LogP contribution in [0.2, 0.25) is 0 Å². The van der Waals surface area contributed by atoms with Gasteiger partial charge in [-0.2, -0.15) is 0 Å². The fourth-order valence-electron chi connectivity index (χ4n) is 12.3. The largest absolute Gasteiger partial charge is 0.455 e. The first kappa shape index (κ1) is 38.9. The molecule has 2 heterocycles. The van der Waals surface area contributed by atoms with Crippen molar-refractivity contribution >= 4 is 60.8 Å². The van der Waals surface area contributed by atoms with Crippen LogP contribution >= 0.6 is 0 Å². The summed E-state index contributed by atoms with van der Waals surface area (Å²) >= 11 is 0. The molecule has 70 heavy (non-hydrogen) atoms. The van der Waals surface area contributed by atoms with Gasteiger partial charge in [-0.15, -0.1) is 0 Å². The Morgan fingerprint density at radius 2 is 0.857 bits per heavy atom. The Morgan fingerprint density at radius 3 is 1.60 bits per heavy atom. The normalized spacial score (nSPS) is 14.3. The number of rotatable bonds is 6. The van der Waals surface area contributed by atoms with Crippen LogP contribution in [-0.4, -0.2) is 4.57 Å². The summed E-state index contributed by atoms with van der Waals surface area (Å²) in [4.78, 5) is 2.34. The SMILES string of the molecule is c1ccc(-c2ccc(N(c3ccccc3)c3ccc(-c4ccc5c(c4)C4(c6ccccc6-5)c5ccccc5-c5c4ccc4c5oc5c4ccc4c5c5ccccc5n4-c4ccccc4)cc3)cc2)cc1. The van der Waals surface area contributed by atoms with E-state index in [9.17, 15) is 0 Å². The number of anilines is 3. The average molecular weight is 891 g/mol. The summed E-state index contributed by atoms with van der Waals surface area (Å²) in [7, 11) is 0. The molecule has 0 fully saturated rings. The summed E-state index contributed by atoms with van der Waals surface area (Å²) in [6, 6.07) is 93.1. The number of para-hydroxylation sites is 3. The quantitative estimate of drug-likeness (QED) is 0.166. The minimum absolute atomic E-state index is 0.546. The molecule has 0 bridgehead atoms. The number of benzene rings is 11. The zero-order valence-corrected chi connectivity index (χ0v) is 38.1. The van der Waals surface area contributed by atoms with E-state index in [0.29, 0.717) is 0 Å². The molecule has 0 N–H and O–H groups in total. The molecule has 3 heteroatoms. The highest BCUT2D eigenvalue weighted by atomic mass is 16.3. The molecular formula is C67H42N2O. The highest BCUT2D eigenvalue weighted by Gasteiger charge is 2.52. The van der Waals surface area contributed by atoms with E-state index < -0.39 is 5.41 Å². The number of fused-ring (bicyclic) bond motifs is 18. The third kappa shape index (κ3) is 5.40. The molecule has 0 saturated heterocycles. The lowest BCUT2D eigenvalue weighted by molar-refractivity contribution is 0.673. The van der Waals surface area contributed by atoms with Gasteiger partial charge in [0.15, 0.2) is 0 Å². The molecule has 1 unspecified atom stereocenters. The number of hydrogen-bond acceptors (Lipinski definition) is 2. The van der Waals surface area contributed by atoms with Gasteiger partial charge in [-0.3, -0.25) is 0 Å². The molecule has 0 aliphatic heterocycles. The standard InChI is InChI=1S/C67H42N2O/c1-4-16-43(17-5-1)44-28-33-49(34-29-44)68(47-18-6-2-7-19-47)50-35-30-45(31-36-50)46-32-37-52-51-22-10-13-25-57(51)67(60(52)42-46)58-26-14-11-23-55(58)63-59(67)40-38-53-54-39-41-62-64(66(54)70-65(53)63)56-24-12-15-27-61(56)69(62)48-20-8-3-9-21-48/h1-42H. The zero-order valence-electron chi connectivity index (χ0n) is 38.1. The van der Waals surface area contributed by atoms with Gasteiger partial charge in [0, 0.05) is 44.5 Å². The zero-order chi connectivity index (χ0) is 45.9. The van der Waals surface area contributed by atoms with Crippen LogP contribution < -0.4 is 4.90 Å². The summed E-state index contributed by atoms with van der Waals surface area (Å²) in [6.07, 6.45) is 0. The van der Waals surface area contributed by atoms with Crippen LogP contribution in [0.4, 0.5) is 17.1 Å². The third-order valence-corrected chi connectivity index (χ3v) is 15.2. The predicted octanol–water partition coefficient (Wildman–Crippen LogP) is 17.8. The molecule has 13 aromatic rings. The van der Waals surface area contributed by atoms with E-state index in [1.807, 2.05) is 0 Å². The average Bonchev–Trinajstić information content (AvgIpc) is 4.16. The van der Waals surface area contributed by atoms with Gasteiger partial charge in [0.1, 0.15) is 11.2 Å². The third-order valence-electron chi connectivity index (χ3n) is 15.2. The Balaban J connectivity index is 0.895. The Labute approximate surface area is 405 Å². The van der Waals surface area contributed by atoms with E-state index >= 15 is 0 Å². The van der Waals surface area contributed by atoms with E-state index in [0.717, 1.165) is 61.1 Å². The van der Waals surface area contributed by atoms with Gasteiger partial charge in [0.2, 0.25) is 0 Å². The second-order valence-electron chi connectivity index (χ2n) is 18.7. The first-order chi connectivity index (χ1) is 34.7. The highest BCUT2D eigenvalue weighted by molar-refractivity contribution is 6.25. The first-order valence-electron chi connectivity index (χ1n) is 24.2. The summed E-state index contributed by atoms with van der Waals surface area (Å²) in [5.74, 6) is 0. The van der Waals surface area contributed by atoms with E-state index in [2.05, 4.69) is 264 Å². The van der Waals surface area contributed by atoms with Crippen molar-refractivity contribution in [1.82, 2.24) is 4.57 Å². The minimum Gasteiger partial charge on any atom is -0.455 e. The van der Waals surface area contributed by atoms with Crippen LogP contribution in [0.5, 0.6) is 0 Å². The first-order valence-corrected chi connectivity index (χ1v) is 24.2. The van der Waals surface area contributed by atoms with E-state index in [4.69, 9.17) is 4.42 Å². The van der Waals surface area contributed by atoms with Crippen molar-refractivity contribution in [1.29, 1.82) is 0 Å². The molecule has 3 nitrogen and oxygen atoms in total. The number of aromatic nitrogens is 1. The predicted molar refractivity (Wildman–Crippen MR) is 290 cm³/mol. The van der Waals surface area contributed by atoms with Gasteiger partial charge in [0.25, 0.3) is 0 Å². The fraction of sp³-hybridized carbons (Fsp3) is 0.0149. The number of nitrogens with zero attached hydrogens (tertiary/aromatic N) is 2. The summed E-state index contributed by atoms with van der Waals surface area (Å²) in [6.45, 7) is 0. The summed E-state index contributed by atoms with van der Waals surface area (Å²) in [5, 5.41) is 4.59. The van der Waals surface area contributed by atoms with Gasteiger partial charge in [-0.05, 0) is 134 Å². The van der Waals surface area contributed by atoms with E-state index in [1.54, 1.807) is 0 Å². The molecule has 15 rings (SSSR count). The summed E-state index contributed by atoms with van der Waals surface area (Å²) in [5.41, 5.74) is 23.0. The highest BCUT2D eigenvalue weighted by Crippen LogP contribution is 2.64. The molecule has 2 aromatic heterocycles. The Morgan fingerprint density at radius 1 is 0.329 bits per heavy atom. The molecule has 0 amide bonds. The van der Waals surface area contributed by atoms with Crippen molar-refractivity contribution < 1.29 is 4.42 Å². The maximum Gasteiger partial charge on any atom is 0.145 e. The molecule has 1 atom stereocenters. The molecular weight excluding hydrogens is 849 g/mol. The van der Waals surface area contributed by atoms with Crippen LogP contribution in [-0.2, 0) is 5.41 Å². The van der Waals surface area contributed by atoms with Crippen molar-refractivity contribution in [2.24, 2.45) is 0 Å². The van der Waals surface area contributed by atoms with Crippen LogP contribution in [0.25, 0.3) is 93.9 Å². The summed E-state index contributed by atoms with van der Waals surface area (Å²) < 4.78 is 9.77. The van der Waals surface area contributed by atoms with Gasteiger partial charge in [0.05, 0.1) is 21.8 Å². The topological polar surface area (TPSA) is 21.3 Å². The van der Waals surface area contributed by atoms with E-state index in [-0.39, 0.29) is 0 Å². The van der Waals surface area contributed by atoms with Crippen molar-refractivity contribution in [3.8, 4) is 50.2 Å². The van der Waals surface area contributed by atoms with Gasteiger partial charge in [-0.25, -0.2) is 0 Å². The van der Waals surface area contributed by atoms with Crippen molar-refractivity contribution in [3.05, 3.63) is 277 Å². The van der Waals surface area contributed by atoms with Gasteiger partial charge < -0.3 is 13.9 Å². The van der Waals surface area contributed by atoms with Crippen molar-refractivity contribution in [3.63, 3.8) is 0 Å². The van der Waals surface area contributed by atoms with Gasteiger partial charge >= 0.3 is 0 Å². The molecule has 0 saturated carbocycles. The molecule has 326 valence electrons. The van der Waals surface area contributed by atoms with Crippen LogP contribution in [0, 0.1) is 0 Å². The fourth-order valence-corrected chi connectivity index (χ4v) is 12.3. The van der Waals surface area contributed by atoms with Crippen molar-refractivity contribution in [2.75, 3.05) is 4.90 Å². The molecule has 2 aliphatic carbocycles. The Kier molecular flexibility index (Phi) is 8.28. The van der Waals surface area contributed by atoms with E-state index in [1.165, 1.54) is 72.1 Å². The Hall–Kier alpha value is -9.18. The molecule has 11 aromatic carbocycles. The van der Waals surface area contributed by atoms with Crippen LogP contribution in [0.1, 0.15) is 22.3 Å². The lowest BCUT2D eigenvalue weighted by Gasteiger charge is -2.30. The lowest BCUT2D eigenvalue weighted by atomic mass is 9.70. The maximum atomic E-state index is 7.40. The molecule has 2 aliphatic rings. The molecule has 0 radical (unpaired) electrons. The maximum absolute atomic E-state index is 7.40. The number of hydrogen-bond donors (Lipinski definition) is 0. The van der Waals surface area contributed by atoms with Gasteiger partial charge in [-0.1, -0.05) is 182 Å². The number of furan rings is 1. The second-order valence-corrected chi connectivity index (χ2v) is 18.7. The minimum atomic E-state index is -0.546. The second kappa shape index (κ2) is 14.9. The van der Waals surface area contributed by atoms with Crippen molar-refractivity contribution in [2.45, 2.75) is 5.41 Å².